The third kappa shape index (κ3) is 3.93. The predicted molar refractivity (Wildman–Crippen MR) is 127 cm³/mol. The predicted octanol–water partition coefficient (Wildman–Crippen LogP) is 4.91. The number of carbonyl (C=O) groups is 2. The summed E-state index contributed by atoms with van der Waals surface area (Å²) in [4.78, 5) is 26.1. The van der Waals surface area contributed by atoms with E-state index in [1.165, 1.54) is 11.3 Å². The van der Waals surface area contributed by atoms with E-state index in [2.05, 4.69) is 17.6 Å². The van der Waals surface area contributed by atoms with E-state index in [0.717, 1.165) is 40.5 Å². The molecule has 5 nitrogen and oxygen atoms in total. The number of nitrogens with one attached hydrogen (secondary N) is 2. The maximum atomic E-state index is 12.9. The van der Waals surface area contributed by atoms with Crippen molar-refractivity contribution in [1.29, 1.82) is 0 Å². The van der Waals surface area contributed by atoms with Crippen LogP contribution in [0.15, 0.2) is 36.4 Å². The quantitative estimate of drug-likeness (QED) is 0.488. The molecule has 0 radical (unpaired) electrons. The minimum absolute atomic E-state index is 0.119. The highest BCUT2D eigenvalue weighted by atomic mass is 35.5. The van der Waals surface area contributed by atoms with Crippen LogP contribution in [0.2, 0.25) is 5.02 Å². The summed E-state index contributed by atoms with van der Waals surface area (Å²) in [5.74, 6) is -0.270. The van der Waals surface area contributed by atoms with Gasteiger partial charge in [0.15, 0.2) is 5.11 Å². The van der Waals surface area contributed by atoms with Gasteiger partial charge in [0, 0.05) is 20.8 Å². The number of primary amides is 1. The minimum atomic E-state index is -0.484. The van der Waals surface area contributed by atoms with E-state index >= 15 is 0 Å². The Morgan fingerprint density at radius 1 is 1.20 bits per heavy atom. The lowest BCUT2D eigenvalue weighted by Gasteiger charge is -2.18. The van der Waals surface area contributed by atoms with Gasteiger partial charge in [-0.05, 0) is 60.5 Å². The van der Waals surface area contributed by atoms with Crippen LogP contribution in [0.25, 0.3) is 10.8 Å². The first-order valence-corrected chi connectivity index (χ1v) is 11.2. The van der Waals surface area contributed by atoms with Gasteiger partial charge in [0.25, 0.3) is 11.8 Å². The molecule has 4 rings (SSSR count). The highest BCUT2D eigenvalue weighted by molar-refractivity contribution is 7.80. The molecular weight excluding hydrogens is 438 g/mol. The lowest BCUT2D eigenvalue weighted by molar-refractivity contribution is 0.0977. The van der Waals surface area contributed by atoms with Crippen LogP contribution in [0, 0.1) is 5.92 Å². The number of thiocarbonyl (C=S) groups is 1. The van der Waals surface area contributed by atoms with E-state index in [0.29, 0.717) is 27.1 Å². The SMILES string of the molecule is C[C@H]1CCc2c(sc(NC(=S)NC(=O)c3cccc4c(Cl)cccc34)c2C(N)=O)C1. The average Bonchev–Trinajstić information content (AvgIpc) is 3.04. The molecule has 0 aliphatic heterocycles. The standard InChI is InChI=1S/C22H20ClN3O2S2/c1-11-8-9-15-17(10-11)30-21(18(15)19(24)27)26-22(29)25-20(28)14-6-2-5-13-12(14)4-3-7-16(13)23/h2-7,11H,8-10H2,1H3,(H2,24,27)(H2,25,26,28,29)/t11-/m0/s1. The fraction of sp³-hybridized carbons (Fsp3) is 0.227. The molecule has 154 valence electrons. The van der Waals surface area contributed by atoms with E-state index in [-0.39, 0.29) is 11.0 Å². The number of fused-ring (bicyclic) bond motifs is 2. The van der Waals surface area contributed by atoms with Crippen molar-refractivity contribution >= 4 is 67.9 Å². The van der Waals surface area contributed by atoms with E-state index in [1.54, 1.807) is 24.3 Å². The number of amides is 2. The summed E-state index contributed by atoms with van der Waals surface area (Å²) in [5, 5.41) is 8.54. The number of halogens is 1. The van der Waals surface area contributed by atoms with Gasteiger partial charge in [-0.15, -0.1) is 11.3 Å². The van der Waals surface area contributed by atoms with E-state index in [4.69, 9.17) is 29.6 Å². The van der Waals surface area contributed by atoms with Crippen molar-refractivity contribution in [2.24, 2.45) is 11.7 Å². The number of benzene rings is 2. The van der Waals surface area contributed by atoms with Gasteiger partial charge < -0.3 is 11.1 Å². The van der Waals surface area contributed by atoms with Crippen molar-refractivity contribution < 1.29 is 9.59 Å². The van der Waals surface area contributed by atoms with Gasteiger partial charge in [-0.3, -0.25) is 14.9 Å². The second-order valence-electron chi connectivity index (χ2n) is 7.47. The van der Waals surface area contributed by atoms with Gasteiger partial charge in [-0.1, -0.05) is 42.8 Å². The van der Waals surface area contributed by atoms with Crippen LogP contribution in [0.5, 0.6) is 0 Å². The summed E-state index contributed by atoms with van der Waals surface area (Å²) in [5.41, 5.74) is 7.60. The summed E-state index contributed by atoms with van der Waals surface area (Å²) >= 11 is 13.1. The van der Waals surface area contributed by atoms with E-state index in [1.807, 2.05) is 12.1 Å². The molecule has 0 bridgehead atoms. The number of thiophene rings is 1. The van der Waals surface area contributed by atoms with Gasteiger partial charge in [0.1, 0.15) is 5.00 Å². The normalized spacial score (nSPS) is 15.5. The molecule has 0 saturated heterocycles. The maximum Gasteiger partial charge on any atom is 0.258 e. The molecule has 0 unspecified atom stereocenters. The molecular formula is C22H20ClN3O2S2. The van der Waals surface area contributed by atoms with Gasteiger partial charge >= 0.3 is 0 Å². The van der Waals surface area contributed by atoms with Gasteiger partial charge in [0.2, 0.25) is 0 Å². The van der Waals surface area contributed by atoms with Crippen molar-refractivity contribution in [1.82, 2.24) is 5.32 Å². The second-order valence-corrected chi connectivity index (χ2v) is 9.39. The Hall–Kier alpha value is -2.48. The zero-order chi connectivity index (χ0) is 21.4. The first-order chi connectivity index (χ1) is 14.3. The number of anilines is 1. The Balaban J connectivity index is 1.57. The molecule has 3 aromatic rings. The molecule has 2 amide bonds. The van der Waals surface area contributed by atoms with Crippen molar-refractivity contribution in [3.63, 3.8) is 0 Å². The molecule has 1 aliphatic rings. The van der Waals surface area contributed by atoms with Crippen LogP contribution in [0.4, 0.5) is 5.00 Å². The van der Waals surface area contributed by atoms with Crippen molar-refractivity contribution in [3.8, 4) is 0 Å². The first kappa shape index (κ1) is 20.8. The summed E-state index contributed by atoms with van der Waals surface area (Å²) < 4.78 is 0. The first-order valence-electron chi connectivity index (χ1n) is 9.59. The third-order valence-electron chi connectivity index (χ3n) is 5.33. The van der Waals surface area contributed by atoms with Crippen molar-refractivity contribution in [3.05, 3.63) is 63.0 Å². The molecule has 0 spiro atoms. The molecule has 2 aromatic carbocycles. The van der Waals surface area contributed by atoms with E-state index in [9.17, 15) is 9.59 Å². The van der Waals surface area contributed by atoms with Crippen LogP contribution < -0.4 is 16.4 Å². The molecule has 1 aromatic heterocycles. The highest BCUT2D eigenvalue weighted by Crippen LogP contribution is 2.39. The Labute approximate surface area is 188 Å². The van der Waals surface area contributed by atoms with Crippen LogP contribution >= 0.6 is 35.2 Å². The zero-order valence-corrected chi connectivity index (χ0v) is 18.6. The molecule has 4 N–H and O–H groups in total. The third-order valence-corrected chi connectivity index (χ3v) is 7.03. The lowest BCUT2D eigenvalue weighted by Crippen LogP contribution is -2.34. The van der Waals surface area contributed by atoms with E-state index < -0.39 is 5.91 Å². The molecule has 1 aliphatic carbocycles. The molecule has 0 saturated carbocycles. The fourth-order valence-corrected chi connectivity index (χ4v) is 5.79. The molecule has 1 heterocycles. The maximum absolute atomic E-state index is 12.9. The lowest BCUT2D eigenvalue weighted by atomic mass is 9.88. The van der Waals surface area contributed by atoms with Crippen molar-refractivity contribution in [2.45, 2.75) is 26.2 Å². The molecule has 0 fully saturated rings. The van der Waals surface area contributed by atoms with Gasteiger partial charge in [-0.2, -0.15) is 0 Å². The van der Waals surface area contributed by atoms with Crippen LogP contribution in [0.1, 0.15) is 44.5 Å². The van der Waals surface area contributed by atoms with Crippen LogP contribution in [-0.4, -0.2) is 16.9 Å². The molecule has 30 heavy (non-hydrogen) atoms. The topological polar surface area (TPSA) is 84.2 Å². The molecule has 8 heteroatoms. The van der Waals surface area contributed by atoms with Gasteiger partial charge in [0.05, 0.1) is 5.56 Å². The smallest absolute Gasteiger partial charge is 0.258 e. The Bertz CT molecular complexity index is 1190. The minimum Gasteiger partial charge on any atom is -0.365 e. The number of rotatable bonds is 3. The average molecular weight is 458 g/mol. The largest absolute Gasteiger partial charge is 0.365 e. The van der Waals surface area contributed by atoms with Crippen LogP contribution in [0.3, 0.4) is 0 Å². The zero-order valence-electron chi connectivity index (χ0n) is 16.3. The summed E-state index contributed by atoms with van der Waals surface area (Å²) in [6, 6.07) is 10.8. The fourth-order valence-electron chi connectivity index (χ4n) is 3.87. The number of hydrogen-bond acceptors (Lipinski definition) is 4. The number of hydrogen-bond donors (Lipinski definition) is 3. The number of nitrogens with two attached hydrogens (primary N) is 1. The summed E-state index contributed by atoms with van der Waals surface area (Å²) in [6.45, 7) is 2.20. The monoisotopic (exact) mass is 457 g/mol. The van der Waals surface area contributed by atoms with Gasteiger partial charge in [-0.25, -0.2) is 0 Å². The summed E-state index contributed by atoms with van der Waals surface area (Å²) in [7, 11) is 0. The second kappa shape index (κ2) is 8.34. The number of carbonyl (C=O) groups excluding carboxylic acids is 2. The summed E-state index contributed by atoms with van der Waals surface area (Å²) in [6.07, 6.45) is 2.76. The Morgan fingerprint density at radius 2 is 1.93 bits per heavy atom. The highest BCUT2D eigenvalue weighted by Gasteiger charge is 2.27. The van der Waals surface area contributed by atoms with Crippen LogP contribution in [-0.2, 0) is 12.8 Å². The Morgan fingerprint density at radius 3 is 2.70 bits per heavy atom. The Kier molecular flexibility index (Phi) is 5.77. The molecule has 1 atom stereocenters. The van der Waals surface area contributed by atoms with Crippen molar-refractivity contribution in [2.75, 3.05) is 5.32 Å².